The molecule has 0 aromatic heterocycles. The van der Waals surface area contributed by atoms with E-state index in [9.17, 15) is 4.39 Å². The Labute approximate surface area is 85.8 Å². The molecular weight excluding hydrogens is 209 g/mol. The Bertz CT molecular complexity index is 355. The van der Waals surface area contributed by atoms with Crippen LogP contribution in [0.3, 0.4) is 0 Å². The minimum absolute atomic E-state index is 0.0217. The van der Waals surface area contributed by atoms with Crippen molar-refractivity contribution in [3.63, 3.8) is 0 Å². The molecule has 0 amide bonds. The highest BCUT2D eigenvalue weighted by atomic mass is 35.5. The van der Waals surface area contributed by atoms with E-state index in [2.05, 4.69) is 5.16 Å². The molecule has 14 heavy (non-hydrogen) atoms. The summed E-state index contributed by atoms with van der Waals surface area (Å²) in [6, 6.07) is 2.88. The molecule has 1 N–H and O–H groups in total. The first-order valence-electron chi connectivity index (χ1n) is 3.99. The number of halogens is 2. The highest BCUT2D eigenvalue weighted by molar-refractivity contribution is 6.32. The summed E-state index contributed by atoms with van der Waals surface area (Å²) in [5, 5.41) is 11.2. The summed E-state index contributed by atoms with van der Waals surface area (Å²) in [6.07, 6.45) is 0.980. The van der Waals surface area contributed by atoms with Crippen molar-refractivity contribution in [1.82, 2.24) is 0 Å². The van der Waals surface area contributed by atoms with Crippen molar-refractivity contribution in [3.05, 3.63) is 28.5 Å². The van der Waals surface area contributed by atoms with Gasteiger partial charge < -0.3 is 9.94 Å². The maximum atomic E-state index is 13.5. The number of nitrogens with zero attached hydrogens (tertiary/aromatic N) is 1. The number of oxime groups is 1. The molecule has 0 fully saturated rings. The van der Waals surface area contributed by atoms with Gasteiger partial charge in [-0.05, 0) is 19.1 Å². The Morgan fingerprint density at radius 2 is 2.36 bits per heavy atom. The van der Waals surface area contributed by atoms with Crippen LogP contribution in [0.2, 0.25) is 5.02 Å². The van der Waals surface area contributed by atoms with Crippen molar-refractivity contribution in [2.75, 3.05) is 6.61 Å². The Morgan fingerprint density at radius 3 is 2.93 bits per heavy atom. The monoisotopic (exact) mass is 217 g/mol. The molecule has 0 saturated heterocycles. The third-order valence-electron chi connectivity index (χ3n) is 1.56. The van der Waals surface area contributed by atoms with Crippen LogP contribution in [0.25, 0.3) is 0 Å². The molecule has 0 spiro atoms. The lowest BCUT2D eigenvalue weighted by molar-refractivity contribution is 0.318. The summed E-state index contributed by atoms with van der Waals surface area (Å²) >= 11 is 5.71. The first kappa shape index (κ1) is 10.8. The van der Waals surface area contributed by atoms with Crippen LogP contribution in [0.1, 0.15) is 12.5 Å². The van der Waals surface area contributed by atoms with Crippen molar-refractivity contribution in [2.45, 2.75) is 6.92 Å². The van der Waals surface area contributed by atoms with Crippen molar-refractivity contribution in [1.29, 1.82) is 0 Å². The predicted octanol–water partition coefficient (Wildman–Crippen LogP) is 2.69. The summed E-state index contributed by atoms with van der Waals surface area (Å²) < 4.78 is 18.5. The highest BCUT2D eigenvalue weighted by Gasteiger charge is 2.12. The van der Waals surface area contributed by atoms with Crippen LogP contribution in [-0.2, 0) is 0 Å². The first-order valence-corrected chi connectivity index (χ1v) is 4.36. The molecule has 0 bridgehead atoms. The lowest BCUT2D eigenvalue weighted by Gasteiger charge is -2.07. The largest absolute Gasteiger partial charge is 0.489 e. The van der Waals surface area contributed by atoms with Crippen LogP contribution in [0.5, 0.6) is 5.75 Å². The molecule has 1 aromatic carbocycles. The minimum atomic E-state index is -0.628. The quantitative estimate of drug-likeness (QED) is 0.481. The second-order valence-corrected chi connectivity index (χ2v) is 2.86. The van der Waals surface area contributed by atoms with Crippen LogP contribution in [0.4, 0.5) is 4.39 Å². The van der Waals surface area contributed by atoms with Crippen LogP contribution < -0.4 is 4.74 Å². The molecule has 0 unspecified atom stereocenters. The lowest BCUT2D eigenvalue weighted by atomic mass is 10.2. The zero-order valence-corrected chi connectivity index (χ0v) is 8.25. The standard InChI is InChI=1S/C9H9ClFNO2/c1-2-14-9-7(10)4-3-6(5-12-13)8(9)11/h3-5,13H,2H2,1H3/b12-5-. The number of rotatable bonds is 3. The van der Waals surface area contributed by atoms with E-state index in [-0.39, 0.29) is 16.3 Å². The highest BCUT2D eigenvalue weighted by Crippen LogP contribution is 2.29. The molecule has 76 valence electrons. The van der Waals surface area contributed by atoms with Gasteiger partial charge in [-0.15, -0.1) is 0 Å². The fraction of sp³-hybridized carbons (Fsp3) is 0.222. The van der Waals surface area contributed by atoms with Gasteiger partial charge in [-0.25, -0.2) is 4.39 Å². The molecule has 1 rings (SSSR count). The van der Waals surface area contributed by atoms with Gasteiger partial charge in [0.25, 0.3) is 0 Å². The van der Waals surface area contributed by atoms with Gasteiger partial charge in [0.15, 0.2) is 11.6 Å². The summed E-state index contributed by atoms with van der Waals surface area (Å²) in [6.45, 7) is 2.04. The van der Waals surface area contributed by atoms with E-state index in [1.807, 2.05) is 0 Å². The van der Waals surface area contributed by atoms with E-state index in [0.29, 0.717) is 6.61 Å². The fourth-order valence-corrected chi connectivity index (χ4v) is 1.19. The van der Waals surface area contributed by atoms with Crippen molar-refractivity contribution in [2.24, 2.45) is 5.16 Å². The number of benzene rings is 1. The van der Waals surface area contributed by atoms with E-state index in [1.165, 1.54) is 12.1 Å². The normalized spacial score (nSPS) is 10.8. The summed E-state index contributed by atoms with van der Waals surface area (Å²) in [4.78, 5) is 0. The van der Waals surface area contributed by atoms with Crippen molar-refractivity contribution in [3.8, 4) is 5.75 Å². The Morgan fingerprint density at radius 1 is 1.64 bits per heavy atom. The van der Waals surface area contributed by atoms with E-state index >= 15 is 0 Å². The molecule has 1 aromatic rings. The molecule has 0 aliphatic rings. The van der Waals surface area contributed by atoms with Gasteiger partial charge in [0.2, 0.25) is 0 Å². The van der Waals surface area contributed by atoms with Crippen LogP contribution in [0, 0.1) is 5.82 Å². The molecule has 0 saturated carbocycles. The van der Waals surface area contributed by atoms with Crippen LogP contribution >= 0.6 is 11.6 Å². The van der Waals surface area contributed by atoms with E-state index < -0.39 is 5.82 Å². The zero-order chi connectivity index (χ0) is 10.6. The van der Waals surface area contributed by atoms with Gasteiger partial charge in [0.1, 0.15) is 0 Å². The molecule has 0 aliphatic carbocycles. The van der Waals surface area contributed by atoms with Gasteiger partial charge >= 0.3 is 0 Å². The third-order valence-corrected chi connectivity index (χ3v) is 1.86. The topological polar surface area (TPSA) is 41.8 Å². The van der Waals surface area contributed by atoms with Crippen molar-refractivity contribution < 1.29 is 14.3 Å². The van der Waals surface area contributed by atoms with Crippen LogP contribution in [-0.4, -0.2) is 18.0 Å². The predicted molar refractivity (Wildman–Crippen MR) is 52.0 cm³/mol. The zero-order valence-electron chi connectivity index (χ0n) is 7.50. The van der Waals surface area contributed by atoms with E-state index in [4.69, 9.17) is 21.5 Å². The van der Waals surface area contributed by atoms with E-state index in [0.717, 1.165) is 6.21 Å². The minimum Gasteiger partial charge on any atom is -0.489 e. The Kier molecular flexibility index (Phi) is 3.71. The maximum Gasteiger partial charge on any atom is 0.175 e. The molecule has 3 nitrogen and oxygen atoms in total. The fourth-order valence-electron chi connectivity index (χ4n) is 0.986. The Hall–Kier alpha value is -1.29. The second kappa shape index (κ2) is 4.81. The smallest absolute Gasteiger partial charge is 0.175 e. The van der Waals surface area contributed by atoms with Gasteiger partial charge in [0.05, 0.1) is 17.8 Å². The number of ether oxygens (including phenoxy) is 1. The van der Waals surface area contributed by atoms with Crippen LogP contribution in [0.15, 0.2) is 17.3 Å². The summed E-state index contributed by atoms with van der Waals surface area (Å²) in [7, 11) is 0. The maximum absolute atomic E-state index is 13.5. The Balaban J connectivity index is 3.18. The third kappa shape index (κ3) is 2.14. The molecule has 5 heteroatoms. The lowest BCUT2D eigenvalue weighted by Crippen LogP contribution is -1.98. The molecule has 0 aliphatic heterocycles. The van der Waals surface area contributed by atoms with Crippen molar-refractivity contribution >= 4 is 17.8 Å². The number of hydrogen-bond donors (Lipinski definition) is 1. The summed E-state index contributed by atoms with van der Waals surface area (Å²) in [5.74, 6) is -0.649. The molecule has 0 atom stereocenters. The SMILES string of the molecule is CCOc1c(Cl)ccc(/C=N\O)c1F. The second-order valence-electron chi connectivity index (χ2n) is 2.46. The average molecular weight is 218 g/mol. The van der Waals surface area contributed by atoms with Gasteiger partial charge in [-0.1, -0.05) is 16.8 Å². The first-order chi connectivity index (χ1) is 6.70. The van der Waals surface area contributed by atoms with Gasteiger partial charge in [-0.2, -0.15) is 0 Å². The number of hydrogen-bond acceptors (Lipinski definition) is 3. The summed E-state index contributed by atoms with van der Waals surface area (Å²) in [5.41, 5.74) is 0.125. The molecular formula is C9H9ClFNO2. The average Bonchev–Trinajstić information content (AvgIpc) is 2.17. The van der Waals surface area contributed by atoms with Gasteiger partial charge in [0, 0.05) is 5.56 Å². The molecule has 0 radical (unpaired) electrons. The molecule has 0 heterocycles. The van der Waals surface area contributed by atoms with Gasteiger partial charge in [-0.3, -0.25) is 0 Å². The van der Waals surface area contributed by atoms with E-state index in [1.54, 1.807) is 6.92 Å².